The van der Waals surface area contributed by atoms with Crippen molar-refractivity contribution < 1.29 is 17.9 Å². The number of nitrogens with zero attached hydrogens (tertiary/aromatic N) is 1. The molecule has 2 nitrogen and oxygen atoms in total. The molecule has 7 heteroatoms. The minimum atomic E-state index is -4.77. The number of ether oxygens (including phenoxy) is 1. The second-order valence-corrected chi connectivity index (χ2v) is 3.88. The third-order valence-corrected chi connectivity index (χ3v) is 3.37. The van der Waals surface area contributed by atoms with E-state index in [1.54, 1.807) is 6.92 Å². The van der Waals surface area contributed by atoms with E-state index in [2.05, 4.69) is 9.72 Å². The molecule has 0 atom stereocenters. The predicted octanol–water partition coefficient (Wildman–Crippen LogP) is 3.55. The molecule has 0 radical (unpaired) electrons. The Hall–Kier alpha value is -0.240. The molecule has 1 aromatic rings. The summed E-state index contributed by atoms with van der Waals surface area (Å²) in [5, 5.41) is -0.122. The van der Waals surface area contributed by atoms with Gasteiger partial charge in [0.15, 0.2) is 0 Å². The molecule has 0 spiro atoms. The zero-order valence-electron chi connectivity index (χ0n) is 6.82. The van der Waals surface area contributed by atoms with Gasteiger partial charge in [0.25, 0.3) is 0 Å². The van der Waals surface area contributed by atoms with Crippen molar-refractivity contribution in [1.29, 1.82) is 0 Å². The summed E-state index contributed by atoms with van der Waals surface area (Å²) in [6.07, 6.45) is -3.50. The maximum absolute atomic E-state index is 11.8. The van der Waals surface area contributed by atoms with Crippen molar-refractivity contribution in [3.63, 3.8) is 0 Å². The lowest BCUT2D eigenvalue weighted by Gasteiger charge is -2.10. The lowest BCUT2D eigenvalue weighted by atomic mass is 10.3. The third kappa shape index (κ3) is 2.88. The topological polar surface area (TPSA) is 22.1 Å². The fourth-order valence-electron chi connectivity index (χ4n) is 0.717. The monoisotopic (exact) mass is 337 g/mol. The Morgan fingerprint density at radius 1 is 1.50 bits per heavy atom. The Morgan fingerprint density at radius 2 is 2.07 bits per heavy atom. The summed E-state index contributed by atoms with van der Waals surface area (Å²) < 4.78 is 39.6. The Morgan fingerprint density at radius 3 is 2.57 bits per heavy atom. The van der Waals surface area contributed by atoms with Crippen molar-refractivity contribution in [2.24, 2.45) is 0 Å². The molecular weight excluding hydrogens is 333 g/mol. The SMILES string of the molecule is Cc1cnc(OC(F)(F)F)c(Cl)c1I. The Bertz CT molecular complexity index is 356. The molecule has 0 bridgehead atoms. The van der Waals surface area contributed by atoms with Crippen LogP contribution in [0.5, 0.6) is 5.88 Å². The van der Waals surface area contributed by atoms with Crippen LogP contribution in [0.3, 0.4) is 0 Å². The zero-order chi connectivity index (χ0) is 10.9. The van der Waals surface area contributed by atoms with E-state index in [-0.39, 0.29) is 5.02 Å². The molecule has 1 rings (SSSR count). The molecule has 0 aliphatic carbocycles. The van der Waals surface area contributed by atoms with Crippen LogP contribution >= 0.6 is 34.2 Å². The first-order chi connectivity index (χ1) is 6.31. The van der Waals surface area contributed by atoms with Crippen LogP contribution in [0.4, 0.5) is 13.2 Å². The largest absolute Gasteiger partial charge is 0.574 e. The lowest BCUT2D eigenvalue weighted by molar-refractivity contribution is -0.276. The summed E-state index contributed by atoms with van der Waals surface area (Å²) in [6, 6.07) is 0. The van der Waals surface area contributed by atoms with Gasteiger partial charge in [-0.25, -0.2) is 4.98 Å². The van der Waals surface area contributed by atoms with Crippen LogP contribution in [0.2, 0.25) is 5.02 Å². The van der Waals surface area contributed by atoms with Crippen molar-refractivity contribution >= 4 is 34.2 Å². The second kappa shape index (κ2) is 4.09. The van der Waals surface area contributed by atoms with E-state index >= 15 is 0 Å². The highest BCUT2D eigenvalue weighted by atomic mass is 127. The first-order valence-corrected chi connectivity index (χ1v) is 4.83. The maximum atomic E-state index is 11.8. The number of pyridine rings is 1. The van der Waals surface area contributed by atoms with E-state index in [1.165, 1.54) is 6.20 Å². The summed E-state index contributed by atoms with van der Waals surface area (Å²) in [7, 11) is 0. The number of aryl methyl sites for hydroxylation is 1. The number of halogens is 5. The molecule has 0 amide bonds. The molecule has 1 aromatic heterocycles. The van der Waals surface area contributed by atoms with E-state index in [0.717, 1.165) is 0 Å². The van der Waals surface area contributed by atoms with E-state index < -0.39 is 12.2 Å². The van der Waals surface area contributed by atoms with E-state index in [4.69, 9.17) is 11.6 Å². The molecule has 0 saturated carbocycles. The van der Waals surface area contributed by atoms with Crippen molar-refractivity contribution in [3.05, 3.63) is 20.4 Å². The molecule has 0 aliphatic rings. The number of aromatic nitrogens is 1. The van der Waals surface area contributed by atoms with Crippen LogP contribution in [0.1, 0.15) is 5.56 Å². The molecule has 0 aliphatic heterocycles. The molecule has 0 aromatic carbocycles. The van der Waals surface area contributed by atoms with Gasteiger partial charge in [0.1, 0.15) is 5.02 Å². The van der Waals surface area contributed by atoms with Gasteiger partial charge in [-0.15, -0.1) is 13.2 Å². The van der Waals surface area contributed by atoms with Gasteiger partial charge >= 0.3 is 6.36 Å². The average Bonchev–Trinajstić information content (AvgIpc) is 2.04. The predicted molar refractivity (Wildman–Crippen MR) is 53.4 cm³/mol. The molecule has 0 N–H and O–H groups in total. The quantitative estimate of drug-likeness (QED) is 0.731. The smallest absolute Gasteiger partial charge is 0.386 e. The van der Waals surface area contributed by atoms with Crippen LogP contribution in [0.25, 0.3) is 0 Å². The minimum Gasteiger partial charge on any atom is -0.386 e. The lowest BCUT2D eigenvalue weighted by Crippen LogP contribution is -2.18. The highest BCUT2D eigenvalue weighted by Crippen LogP contribution is 2.32. The van der Waals surface area contributed by atoms with Gasteiger partial charge in [-0.2, -0.15) is 0 Å². The highest BCUT2D eigenvalue weighted by Gasteiger charge is 2.33. The van der Waals surface area contributed by atoms with Gasteiger partial charge in [-0.1, -0.05) is 11.6 Å². The number of hydrogen-bond donors (Lipinski definition) is 0. The summed E-state index contributed by atoms with van der Waals surface area (Å²) in [4.78, 5) is 3.45. The highest BCUT2D eigenvalue weighted by molar-refractivity contribution is 14.1. The van der Waals surface area contributed by atoms with Crippen molar-refractivity contribution in [2.45, 2.75) is 13.3 Å². The van der Waals surface area contributed by atoms with E-state index in [1.807, 2.05) is 22.6 Å². The maximum Gasteiger partial charge on any atom is 0.574 e. The average molecular weight is 337 g/mol. The van der Waals surface area contributed by atoms with Gasteiger partial charge in [0, 0.05) is 9.77 Å². The van der Waals surface area contributed by atoms with Gasteiger partial charge in [0.2, 0.25) is 5.88 Å². The van der Waals surface area contributed by atoms with Crippen molar-refractivity contribution in [2.75, 3.05) is 0 Å². The Kier molecular flexibility index (Phi) is 3.46. The van der Waals surface area contributed by atoms with Crippen LogP contribution in [-0.2, 0) is 0 Å². The standard InChI is InChI=1S/C7H4ClF3INO/c1-3-2-13-6(4(8)5(3)12)14-7(9,10)11/h2H,1H3. The van der Waals surface area contributed by atoms with Crippen LogP contribution < -0.4 is 4.74 Å². The van der Waals surface area contributed by atoms with Gasteiger partial charge in [-0.05, 0) is 35.1 Å². The fraction of sp³-hybridized carbons (Fsp3) is 0.286. The summed E-state index contributed by atoms with van der Waals surface area (Å²) in [5.74, 6) is -0.617. The molecule has 1 heterocycles. The van der Waals surface area contributed by atoms with Gasteiger partial charge < -0.3 is 4.74 Å². The minimum absolute atomic E-state index is 0.122. The molecule has 14 heavy (non-hydrogen) atoms. The molecule has 0 fully saturated rings. The Labute approximate surface area is 96.6 Å². The number of alkyl halides is 3. The summed E-state index contributed by atoms with van der Waals surface area (Å²) >= 11 is 7.44. The van der Waals surface area contributed by atoms with Crippen LogP contribution in [0, 0.1) is 10.5 Å². The molecule has 78 valence electrons. The van der Waals surface area contributed by atoms with Gasteiger partial charge in [-0.3, -0.25) is 0 Å². The first kappa shape index (κ1) is 11.8. The number of rotatable bonds is 1. The van der Waals surface area contributed by atoms with Crippen LogP contribution in [-0.4, -0.2) is 11.3 Å². The van der Waals surface area contributed by atoms with Gasteiger partial charge in [0.05, 0.1) is 0 Å². The van der Waals surface area contributed by atoms with E-state index in [9.17, 15) is 13.2 Å². The third-order valence-electron chi connectivity index (χ3n) is 1.31. The number of hydrogen-bond acceptors (Lipinski definition) is 2. The molecular formula is C7H4ClF3INO. The normalized spacial score (nSPS) is 11.6. The van der Waals surface area contributed by atoms with Crippen molar-refractivity contribution in [1.82, 2.24) is 4.98 Å². The van der Waals surface area contributed by atoms with E-state index in [0.29, 0.717) is 9.13 Å². The first-order valence-electron chi connectivity index (χ1n) is 3.37. The molecule has 0 unspecified atom stereocenters. The Balaban J connectivity index is 3.06. The second-order valence-electron chi connectivity index (χ2n) is 2.42. The molecule has 0 saturated heterocycles. The van der Waals surface area contributed by atoms with Crippen molar-refractivity contribution in [3.8, 4) is 5.88 Å². The summed E-state index contributed by atoms with van der Waals surface area (Å²) in [6.45, 7) is 1.69. The summed E-state index contributed by atoms with van der Waals surface area (Å²) in [5.41, 5.74) is 0.699. The fourth-order valence-corrected chi connectivity index (χ4v) is 1.32. The van der Waals surface area contributed by atoms with Crippen LogP contribution in [0.15, 0.2) is 6.20 Å². The zero-order valence-corrected chi connectivity index (χ0v) is 9.74.